The van der Waals surface area contributed by atoms with Crippen LogP contribution in [0.4, 0.5) is 0 Å². The number of hydrogen-bond donors (Lipinski definition) is 1. The fourth-order valence-electron chi connectivity index (χ4n) is 3.85. The summed E-state index contributed by atoms with van der Waals surface area (Å²) in [5.41, 5.74) is 1.08. The molecule has 2 heterocycles. The van der Waals surface area contributed by atoms with E-state index in [4.69, 9.17) is 0 Å². The Morgan fingerprint density at radius 2 is 1.77 bits per heavy atom. The molecule has 2 fully saturated rings. The minimum atomic E-state index is -3.49. The highest BCUT2D eigenvalue weighted by atomic mass is 32.2. The summed E-state index contributed by atoms with van der Waals surface area (Å²) in [4.78, 5) is 14.2. The second-order valence-electron chi connectivity index (χ2n) is 7.04. The van der Waals surface area contributed by atoms with Crippen LogP contribution in [0.1, 0.15) is 24.8 Å². The number of hydrogen-bond acceptors (Lipinski definition) is 3. The van der Waals surface area contributed by atoms with Crippen LogP contribution in [0.3, 0.4) is 0 Å². The van der Waals surface area contributed by atoms with Gasteiger partial charge in [-0.25, -0.2) is 0 Å². The average molecular weight is 373 g/mol. The normalized spacial score (nSPS) is 21.8. The molecule has 1 amide bonds. The predicted molar refractivity (Wildman–Crippen MR) is 101 cm³/mol. The lowest BCUT2D eigenvalue weighted by Crippen LogP contribution is -2.45. The van der Waals surface area contributed by atoms with Crippen molar-refractivity contribution >= 4 is 26.9 Å². The number of carbonyl (C=O) groups is 1. The van der Waals surface area contributed by atoms with Gasteiger partial charge in [-0.3, -0.25) is 4.79 Å². The van der Waals surface area contributed by atoms with Gasteiger partial charge >= 0.3 is 0 Å². The molecule has 2 saturated heterocycles. The van der Waals surface area contributed by atoms with Crippen molar-refractivity contribution in [2.24, 2.45) is 0 Å². The van der Waals surface area contributed by atoms with E-state index in [2.05, 4.69) is 22.9 Å². The molecular weight excluding hydrogens is 350 g/mol. The van der Waals surface area contributed by atoms with Crippen molar-refractivity contribution in [1.82, 2.24) is 13.9 Å². The molecule has 2 aromatic carbocycles. The summed E-state index contributed by atoms with van der Waals surface area (Å²) in [5, 5.41) is 2.27. The Hall–Kier alpha value is -1.96. The highest BCUT2D eigenvalue weighted by Crippen LogP contribution is 2.23. The van der Waals surface area contributed by atoms with E-state index in [-0.39, 0.29) is 18.4 Å². The molecule has 0 unspecified atom stereocenters. The molecule has 2 aromatic rings. The molecule has 138 valence electrons. The number of likely N-dealkylation sites (tertiary alicyclic amines) is 1. The second kappa shape index (κ2) is 6.98. The van der Waals surface area contributed by atoms with Gasteiger partial charge in [-0.1, -0.05) is 42.5 Å². The van der Waals surface area contributed by atoms with Crippen molar-refractivity contribution < 1.29 is 13.2 Å². The van der Waals surface area contributed by atoms with Crippen molar-refractivity contribution in [1.29, 1.82) is 0 Å². The number of rotatable bonds is 5. The van der Waals surface area contributed by atoms with E-state index in [1.807, 2.05) is 24.3 Å². The molecule has 1 atom stereocenters. The summed E-state index contributed by atoms with van der Waals surface area (Å²) in [5.74, 6) is -0.00736. The predicted octanol–water partition coefficient (Wildman–Crippen LogP) is 1.87. The quantitative estimate of drug-likeness (QED) is 0.870. The molecule has 0 bridgehead atoms. The van der Waals surface area contributed by atoms with E-state index in [0.29, 0.717) is 26.2 Å². The molecule has 6 nitrogen and oxygen atoms in total. The van der Waals surface area contributed by atoms with E-state index in [1.165, 1.54) is 4.31 Å². The van der Waals surface area contributed by atoms with Gasteiger partial charge in [-0.2, -0.15) is 17.4 Å². The number of amides is 1. The van der Waals surface area contributed by atoms with Crippen molar-refractivity contribution in [3.8, 4) is 0 Å². The minimum Gasteiger partial charge on any atom is -0.337 e. The summed E-state index contributed by atoms with van der Waals surface area (Å²) in [6.07, 6.45) is 2.02. The van der Waals surface area contributed by atoms with Crippen molar-refractivity contribution in [2.75, 3.05) is 19.6 Å². The standard InChI is InChI=1S/C19H23N3O3S/c23-19-12-17(20-26(24,25)22-10-3-4-11-22)14-21(19)13-16-8-5-7-15-6-1-2-9-18(15)16/h1-2,5-9,17,20H,3-4,10-14H2/t17-/m1/s1. The van der Waals surface area contributed by atoms with Crippen molar-refractivity contribution in [3.05, 3.63) is 48.0 Å². The number of benzene rings is 2. The average Bonchev–Trinajstić information content (AvgIpc) is 3.26. The molecule has 2 aliphatic rings. The van der Waals surface area contributed by atoms with Gasteiger partial charge in [0.2, 0.25) is 5.91 Å². The van der Waals surface area contributed by atoms with E-state index < -0.39 is 10.2 Å². The van der Waals surface area contributed by atoms with Crippen LogP contribution in [0.25, 0.3) is 10.8 Å². The highest BCUT2D eigenvalue weighted by Gasteiger charge is 2.35. The first kappa shape index (κ1) is 17.5. The lowest BCUT2D eigenvalue weighted by Gasteiger charge is -2.21. The fourth-order valence-corrected chi connectivity index (χ4v) is 5.32. The fraction of sp³-hybridized carbons (Fsp3) is 0.421. The van der Waals surface area contributed by atoms with Gasteiger partial charge in [-0.15, -0.1) is 0 Å². The first-order valence-corrected chi connectivity index (χ1v) is 10.5. The monoisotopic (exact) mass is 373 g/mol. The van der Waals surface area contributed by atoms with Crippen LogP contribution in [0.5, 0.6) is 0 Å². The van der Waals surface area contributed by atoms with E-state index in [1.54, 1.807) is 4.90 Å². The van der Waals surface area contributed by atoms with E-state index in [0.717, 1.165) is 29.2 Å². The zero-order chi connectivity index (χ0) is 18.1. The zero-order valence-electron chi connectivity index (χ0n) is 14.6. The van der Waals surface area contributed by atoms with Crippen LogP contribution in [0.15, 0.2) is 42.5 Å². The number of carbonyl (C=O) groups excluding carboxylic acids is 1. The van der Waals surface area contributed by atoms with Crippen molar-refractivity contribution in [3.63, 3.8) is 0 Å². The van der Waals surface area contributed by atoms with Gasteiger partial charge in [0.1, 0.15) is 0 Å². The Balaban J connectivity index is 1.46. The smallest absolute Gasteiger partial charge is 0.279 e. The maximum absolute atomic E-state index is 12.4. The molecular formula is C19H23N3O3S. The van der Waals surface area contributed by atoms with E-state index >= 15 is 0 Å². The zero-order valence-corrected chi connectivity index (χ0v) is 15.4. The van der Waals surface area contributed by atoms with Crippen LogP contribution < -0.4 is 4.72 Å². The molecule has 0 spiro atoms. The molecule has 0 aromatic heterocycles. The van der Waals surface area contributed by atoms with Gasteiger partial charge in [-0.05, 0) is 29.2 Å². The third-order valence-electron chi connectivity index (χ3n) is 5.18. The Bertz CT molecular complexity index is 917. The van der Waals surface area contributed by atoms with Gasteiger partial charge in [0, 0.05) is 38.6 Å². The number of nitrogens with zero attached hydrogens (tertiary/aromatic N) is 2. The largest absolute Gasteiger partial charge is 0.337 e. The Kier molecular flexibility index (Phi) is 4.69. The Morgan fingerprint density at radius 1 is 1.04 bits per heavy atom. The van der Waals surface area contributed by atoms with Crippen LogP contribution >= 0.6 is 0 Å². The highest BCUT2D eigenvalue weighted by molar-refractivity contribution is 7.87. The molecule has 1 N–H and O–H groups in total. The van der Waals surface area contributed by atoms with Crippen LogP contribution in [-0.2, 0) is 21.5 Å². The van der Waals surface area contributed by atoms with Gasteiger partial charge in [0.25, 0.3) is 10.2 Å². The Morgan fingerprint density at radius 3 is 2.58 bits per heavy atom. The Labute approximate surface area is 154 Å². The first-order valence-electron chi connectivity index (χ1n) is 9.05. The van der Waals surface area contributed by atoms with E-state index in [9.17, 15) is 13.2 Å². The van der Waals surface area contributed by atoms with Crippen molar-refractivity contribution in [2.45, 2.75) is 31.8 Å². The summed E-state index contributed by atoms with van der Waals surface area (Å²) in [6, 6.07) is 13.8. The number of nitrogens with one attached hydrogen (secondary N) is 1. The second-order valence-corrected chi connectivity index (χ2v) is 8.74. The lowest BCUT2D eigenvalue weighted by atomic mass is 10.0. The third kappa shape index (κ3) is 3.47. The maximum atomic E-state index is 12.4. The molecule has 26 heavy (non-hydrogen) atoms. The lowest BCUT2D eigenvalue weighted by molar-refractivity contribution is -0.128. The molecule has 2 aliphatic heterocycles. The van der Waals surface area contributed by atoms with Crippen LogP contribution in [-0.4, -0.2) is 49.2 Å². The van der Waals surface area contributed by atoms with Gasteiger partial charge in [0.05, 0.1) is 0 Å². The molecule has 0 radical (unpaired) electrons. The van der Waals surface area contributed by atoms with Crippen LogP contribution in [0, 0.1) is 0 Å². The van der Waals surface area contributed by atoms with Gasteiger partial charge in [0.15, 0.2) is 0 Å². The summed E-state index contributed by atoms with van der Waals surface area (Å²) >= 11 is 0. The molecule has 4 rings (SSSR count). The topological polar surface area (TPSA) is 69.7 Å². The van der Waals surface area contributed by atoms with Gasteiger partial charge < -0.3 is 4.90 Å². The molecule has 0 saturated carbocycles. The molecule has 7 heteroatoms. The van der Waals surface area contributed by atoms with Crippen LogP contribution in [0.2, 0.25) is 0 Å². The summed E-state index contributed by atoms with van der Waals surface area (Å²) in [6.45, 7) is 2.04. The SMILES string of the molecule is O=C1C[C@@H](NS(=O)(=O)N2CCCC2)CN1Cc1cccc2ccccc12. The third-order valence-corrected chi connectivity index (χ3v) is 6.85. The maximum Gasteiger partial charge on any atom is 0.279 e. The number of fused-ring (bicyclic) bond motifs is 1. The molecule has 0 aliphatic carbocycles. The minimum absolute atomic E-state index is 0.00736. The summed E-state index contributed by atoms with van der Waals surface area (Å²) < 4.78 is 29.0. The summed E-state index contributed by atoms with van der Waals surface area (Å²) in [7, 11) is -3.49. The first-order chi connectivity index (χ1) is 12.5.